The van der Waals surface area contributed by atoms with Crippen molar-refractivity contribution in [2.75, 3.05) is 22.1 Å². The number of rotatable bonds is 5. The molecule has 3 heterocycles. The quantitative estimate of drug-likeness (QED) is 0.685. The molecule has 3 N–H and O–H groups in total. The van der Waals surface area contributed by atoms with E-state index in [2.05, 4.69) is 39.3 Å². The number of hydrogen-bond donors (Lipinski definition) is 3. The molecule has 8 heteroatoms. The zero-order chi connectivity index (χ0) is 22.0. The van der Waals surface area contributed by atoms with Crippen molar-refractivity contribution in [3.05, 3.63) is 45.7 Å². The van der Waals surface area contributed by atoms with Crippen molar-refractivity contribution >= 4 is 29.3 Å². The van der Waals surface area contributed by atoms with Gasteiger partial charge in [-0.3, -0.25) is 19.4 Å². The minimum Gasteiger partial charge on any atom is -0.339 e. The van der Waals surface area contributed by atoms with E-state index in [1.165, 1.54) is 0 Å². The Labute approximate surface area is 181 Å². The highest BCUT2D eigenvalue weighted by Crippen LogP contribution is 2.31. The predicted octanol–water partition coefficient (Wildman–Crippen LogP) is 3.17. The number of nitrogens with zero attached hydrogens (tertiary/aromatic N) is 2. The van der Waals surface area contributed by atoms with Crippen LogP contribution in [-0.2, 0) is 16.0 Å². The molecule has 8 nitrogen and oxygen atoms in total. The van der Waals surface area contributed by atoms with Gasteiger partial charge in [-0.2, -0.15) is 4.98 Å². The van der Waals surface area contributed by atoms with Gasteiger partial charge in [0.1, 0.15) is 5.82 Å². The highest BCUT2D eigenvalue weighted by molar-refractivity contribution is 6.04. The Kier molecular flexibility index (Phi) is 6.06. The fourth-order valence-corrected chi connectivity index (χ4v) is 4.48. The molecule has 2 aliphatic heterocycles. The van der Waals surface area contributed by atoms with Crippen LogP contribution in [0.3, 0.4) is 0 Å². The summed E-state index contributed by atoms with van der Waals surface area (Å²) in [6.07, 6.45) is 5.01. The summed E-state index contributed by atoms with van der Waals surface area (Å²) in [7, 11) is 0. The number of aromatic amines is 1. The van der Waals surface area contributed by atoms with Gasteiger partial charge in [0.25, 0.3) is 5.56 Å². The third-order valence-electron chi connectivity index (χ3n) is 6.26. The lowest BCUT2D eigenvalue weighted by Crippen LogP contribution is -2.43. The second kappa shape index (κ2) is 8.91. The van der Waals surface area contributed by atoms with Gasteiger partial charge < -0.3 is 15.5 Å². The number of aromatic nitrogens is 2. The van der Waals surface area contributed by atoms with Crippen LogP contribution in [0.1, 0.15) is 63.0 Å². The normalized spacial score (nSPS) is 20.7. The molecule has 1 aromatic carbocycles. The minimum atomic E-state index is -0.886. The molecule has 2 unspecified atom stereocenters. The Balaban J connectivity index is 1.63. The van der Waals surface area contributed by atoms with Crippen LogP contribution < -0.4 is 21.1 Å². The summed E-state index contributed by atoms with van der Waals surface area (Å²) < 4.78 is 0. The smallest absolute Gasteiger partial charge is 0.258 e. The van der Waals surface area contributed by atoms with Crippen LogP contribution in [-0.4, -0.2) is 34.4 Å². The van der Waals surface area contributed by atoms with Gasteiger partial charge in [-0.05, 0) is 49.8 Å². The largest absolute Gasteiger partial charge is 0.339 e. The third-order valence-corrected chi connectivity index (χ3v) is 6.26. The first-order valence-electron chi connectivity index (χ1n) is 11.1. The Morgan fingerprint density at radius 3 is 2.68 bits per heavy atom. The maximum Gasteiger partial charge on any atom is 0.258 e. The highest BCUT2D eigenvalue weighted by atomic mass is 16.2. The van der Waals surface area contributed by atoms with Crippen LogP contribution in [0.15, 0.2) is 29.1 Å². The first-order chi connectivity index (χ1) is 15.0. The van der Waals surface area contributed by atoms with Gasteiger partial charge in [0.15, 0.2) is 0 Å². The summed E-state index contributed by atoms with van der Waals surface area (Å²) in [6, 6.07) is 7.85. The van der Waals surface area contributed by atoms with E-state index in [4.69, 9.17) is 0 Å². The number of nitrogens with one attached hydrogen (secondary N) is 3. The molecule has 2 aromatic rings. The van der Waals surface area contributed by atoms with Crippen molar-refractivity contribution in [3.8, 4) is 0 Å². The zero-order valence-electron chi connectivity index (χ0n) is 18.0. The van der Waals surface area contributed by atoms with Gasteiger partial charge in [-0.25, -0.2) is 0 Å². The fourth-order valence-electron chi connectivity index (χ4n) is 4.48. The molecule has 31 heavy (non-hydrogen) atoms. The molecular weight excluding hydrogens is 394 g/mol. The Hall–Kier alpha value is -3.16. The number of benzene rings is 1. The number of aryl methyl sites for hydroxylation is 1. The maximum atomic E-state index is 13.0. The van der Waals surface area contributed by atoms with Crippen LogP contribution in [0.5, 0.6) is 0 Å². The molecular formula is C23H29N5O3. The van der Waals surface area contributed by atoms with Crippen LogP contribution in [0, 0.1) is 0 Å². The Bertz CT molecular complexity index is 1030. The predicted molar refractivity (Wildman–Crippen MR) is 121 cm³/mol. The maximum absolute atomic E-state index is 13.0. The van der Waals surface area contributed by atoms with Crippen LogP contribution in [0.4, 0.5) is 17.5 Å². The highest BCUT2D eigenvalue weighted by Gasteiger charge is 2.35. The van der Waals surface area contributed by atoms with E-state index in [0.717, 1.165) is 44.2 Å². The second-order valence-corrected chi connectivity index (χ2v) is 8.25. The molecule has 2 amide bonds. The SMILES string of the molecule is CCc1ccc(NC(=O)C2CC(=O)Nc3nc(N4CCCCC4CC)[nH]c(=O)c32)cc1. The van der Waals surface area contributed by atoms with Crippen LogP contribution >= 0.6 is 0 Å². The third kappa shape index (κ3) is 4.33. The summed E-state index contributed by atoms with van der Waals surface area (Å²) in [5.41, 5.74) is 1.64. The van der Waals surface area contributed by atoms with Gasteiger partial charge in [-0.15, -0.1) is 0 Å². The first kappa shape index (κ1) is 21.1. The number of amides is 2. The molecule has 0 saturated carbocycles. The van der Waals surface area contributed by atoms with Crippen molar-refractivity contribution in [2.24, 2.45) is 0 Å². The monoisotopic (exact) mass is 423 g/mol. The minimum absolute atomic E-state index is 0.0860. The molecule has 4 rings (SSSR count). The summed E-state index contributed by atoms with van der Waals surface area (Å²) in [5.74, 6) is -0.930. The van der Waals surface area contributed by atoms with Crippen molar-refractivity contribution in [2.45, 2.75) is 64.3 Å². The lowest BCUT2D eigenvalue weighted by Gasteiger charge is -2.36. The van der Waals surface area contributed by atoms with Crippen molar-refractivity contribution < 1.29 is 9.59 Å². The van der Waals surface area contributed by atoms with Gasteiger partial charge in [-0.1, -0.05) is 26.0 Å². The van der Waals surface area contributed by atoms with E-state index in [1.54, 1.807) is 0 Å². The van der Waals surface area contributed by atoms with E-state index < -0.39 is 5.92 Å². The second-order valence-electron chi connectivity index (χ2n) is 8.25. The molecule has 2 aliphatic rings. The van der Waals surface area contributed by atoms with E-state index in [-0.39, 0.29) is 35.2 Å². The fraction of sp³-hybridized carbons (Fsp3) is 0.478. The number of fused-ring (bicyclic) bond motifs is 1. The van der Waals surface area contributed by atoms with Crippen molar-refractivity contribution in [3.63, 3.8) is 0 Å². The zero-order valence-corrected chi connectivity index (χ0v) is 18.0. The summed E-state index contributed by atoms with van der Waals surface area (Å²) in [6.45, 7) is 4.99. The molecule has 2 atom stereocenters. The van der Waals surface area contributed by atoms with Gasteiger partial charge >= 0.3 is 0 Å². The standard InChI is InChI=1S/C23H29N5O3/c1-3-14-8-10-15(11-9-14)24-21(30)17-13-18(29)25-20-19(17)22(31)27-23(26-20)28-12-6-5-7-16(28)4-2/h8-11,16-17H,3-7,12-13H2,1-2H3,(H,24,30)(H2,25,26,27,29,31). The average Bonchev–Trinajstić information content (AvgIpc) is 2.78. The van der Waals surface area contributed by atoms with Gasteiger partial charge in [0.05, 0.1) is 11.5 Å². The first-order valence-corrected chi connectivity index (χ1v) is 11.1. The topological polar surface area (TPSA) is 107 Å². The average molecular weight is 424 g/mol. The lowest BCUT2D eigenvalue weighted by atomic mass is 9.92. The number of anilines is 3. The molecule has 1 aromatic heterocycles. The Morgan fingerprint density at radius 1 is 1.19 bits per heavy atom. The summed E-state index contributed by atoms with van der Waals surface area (Å²) >= 11 is 0. The van der Waals surface area contributed by atoms with E-state index in [1.807, 2.05) is 24.3 Å². The number of carbonyl (C=O) groups excluding carboxylic acids is 2. The molecule has 0 radical (unpaired) electrons. The molecule has 0 aliphatic carbocycles. The van der Waals surface area contributed by atoms with E-state index in [0.29, 0.717) is 17.7 Å². The lowest BCUT2D eigenvalue weighted by molar-refractivity contribution is -0.123. The molecule has 0 bridgehead atoms. The van der Waals surface area contributed by atoms with Gasteiger partial charge in [0.2, 0.25) is 17.8 Å². The molecule has 0 spiro atoms. The Morgan fingerprint density at radius 2 is 1.97 bits per heavy atom. The number of carbonyl (C=O) groups is 2. The van der Waals surface area contributed by atoms with Crippen LogP contribution in [0.2, 0.25) is 0 Å². The summed E-state index contributed by atoms with van der Waals surface area (Å²) in [4.78, 5) is 47.9. The van der Waals surface area contributed by atoms with Gasteiger partial charge in [0, 0.05) is 24.7 Å². The number of piperidine rings is 1. The number of H-pyrrole nitrogens is 1. The summed E-state index contributed by atoms with van der Waals surface area (Å²) in [5, 5.41) is 5.54. The van der Waals surface area contributed by atoms with Crippen LogP contribution in [0.25, 0.3) is 0 Å². The van der Waals surface area contributed by atoms with E-state index >= 15 is 0 Å². The molecule has 1 fully saturated rings. The van der Waals surface area contributed by atoms with Crippen molar-refractivity contribution in [1.82, 2.24) is 9.97 Å². The number of hydrogen-bond acceptors (Lipinski definition) is 5. The van der Waals surface area contributed by atoms with Crippen molar-refractivity contribution in [1.29, 1.82) is 0 Å². The molecule has 1 saturated heterocycles. The molecule has 164 valence electrons. The van der Waals surface area contributed by atoms with E-state index in [9.17, 15) is 14.4 Å².